The fraction of sp³-hybridized carbons (Fsp3) is 0.241. The third-order valence-electron chi connectivity index (χ3n) is 6.62. The molecule has 0 radical (unpaired) electrons. The van der Waals surface area contributed by atoms with E-state index in [0.717, 1.165) is 10.6 Å². The molecule has 1 amide bonds. The van der Waals surface area contributed by atoms with Gasteiger partial charge in [0.05, 0.1) is 33.8 Å². The Morgan fingerprint density at radius 1 is 1.00 bits per heavy atom. The molecule has 0 saturated heterocycles. The number of non-ortho nitro benzene ring substituents is 1. The number of nitro groups is 1. The van der Waals surface area contributed by atoms with E-state index in [0.29, 0.717) is 41.0 Å². The van der Waals surface area contributed by atoms with Gasteiger partial charge in [-0.3, -0.25) is 19.2 Å². The number of aromatic hydroxyl groups is 1. The molecule has 0 unspecified atom stereocenters. The number of likely N-dealkylation sites (N-methyl/N-ethyl adjacent to an activating group) is 2. The molecule has 13 heteroatoms. The highest BCUT2D eigenvalue weighted by Crippen LogP contribution is 2.34. The number of nitrogens with zero attached hydrogens (tertiary/aromatic N) is 5. The van der Waals surface area contributed by atoms with Crippen molar-refractivity contribution < 1.29 is 23.2 Å². The quantitative estimate of drug-likeness (QED) is 0.153. The van der Waals surface area contributed by atoms with Crippen LogP contribution in [0.2, 0.25) is 0 Å². The van der Waals surface area contributed by atoms with Gasteiger partial charge in [0, 0.05) is 48.7 Å². The van der Waals surface area contributed by atoms with E-state index in [9.17, 15) is 28.4 Å². The van der Waals surface area contributed by atoms with Crippen molar-refractivity contribution in [1.29, 1.82) is 0 Å². The predicted molar refractivity (Wildman–Crippen MR) is 163 cm³/mol. The van der Waals surface area contributed by atoms with Crippen molar-refractivity contribution in [3.8, 4) is 5.88 Å². The molecular formula is C29H32N6O6S. The van der Waals surface area contributed by atoms with Crippen molar-refractivity contribution in [2.45, 2.75) is 0 Å². The third-order valence-corrected chi connectivity index (χ3v) is 7.76. The number of carbonyl (C=O) groups excluding carboxylic acids is 1. The summed E-state index contributed by atoms with van der Waals surface area (Å²) < 4.78 is 26.3. The summed E-state index contributed by atoms with van der Waals surface area (Å²) in [4.78, 5) is 34.8. The summed E-state index contributed by atoms with van der Waals surface area (Å²) in [6, 6.07) is 19.6. The van der Waals surface area contributed by atoms with Crippen molar-refractivity contribution in [3.05, 3.63) is 94.0 Å². The number of sulfonamides is 1. The fourth-order valence-electron chi connectivity index (χ4n) is 4.32. The van der Waals surface area contributed by atoms with E-state index < -0.39 is 14.9 Å². The van der Waals surface area contributed by atoms with Crippen LogP contribution in [0.15, 0.2) is 77.8 Å². The van der Waals surface area contributed by atoms with E-state index in [1.165, 1.54) is 23.1 Å². The van der Waals surface area contributed by atoms with Crippen molar-refractivity contribution in [1.82, 2.24) is 14.8 Å². The summed E-state index contributed by atoms with van der Waals surface area (Å²) in [6.45, 7) is 0.725. The van der Waals surface area contributed by atoms with Gasteiger partial charge >= 0.3 is 0 Å². The maximum absolute atomic E-state index is 12.8. The molecule has 0 aliphatic carbocycles. The van der Waals surface area contributed by atoms with Crippen LogP contribution in [0, 0.1) is 10.1 Å². The number of amides is 1. The Kier molecular flexibility index (Phi) is 8.93. The normalized spacial score (nSPS) is 12.1. The molecule has 4 rings (SSSR count). The van der Waals surface area contributed by atoms with Crippen LogP contribution < -0.4 is 4.31 Å². The number of anilines is 1. The third kappa shape index (κ3) is 6.93. The number of carbonyl (C=O) groups is 1. The first-order chi connectivity index (χ1) is 19.8. The highest BCUT2D eigenvalue weighted by molar-refractivity contribution is 7.92. The minimum Gasteiger partial charge on any atom is -0.494 e. The van der Waals surface area contributed by atoms with Crippen LogP contribution in [0.25, 0.3) is 10.9 Å². The Labute approximate surface area is 243 Å². The van der Waals surface area contributed by atoms with Gasteiger partial charge in [-0.25, -0.2) is 13.4 Å². The lowest BCUT2D eigenvalue weighted by Gasteiger charge is -2.26. The average Bonchev–Trinajstić information content (AvgIpc) is 3.28. The van der Waals surface area contributed by atoms with Gasteiger partial charge in [-0.05, 0) is 44.4 Å². The highest BCUT2D eigenvalue weighted by atomic mass is 32.2. The highest BCUT2D eigenvalue weighted by Gasteiger charge is 2.24. The zero-order valence-electron chi connectivity index (χ0n) is 23.7. The Bertz CT molecular complexity index is 1730. The van der Waals surface area contributed by atoms with E-state index in [4.69, 9.17) is 4.99 Å². The topological polar surface area (TPSA) is 152 Å². The van der Waals surface area contributed by atoms with Gasteiger partial charge in [0.25, 0.3) is 5.69 Å². The monoisotopic (exact) mass is 592 g/mol. The molecule has 2 N–H and O–H groups in total. The summed E-state index contributed by atoms with van der Waals surface area (Å²) in [5, 5.41) is 22.7. The lowest BCUT2D eigenvalue weighted by molar-refractivity contribution is -0.384. The SMILES string of the molecule is CN(C)CCN(C)C(=O)CN(c1ccc(N=C(c2ccccc2)c2c(O)[nH]c3ccc([N+](=O)[O-])cc23)cc1)S(C)(=O)=O. The Balaban J connectivity index is 1.73. The standard InChI is InChI=1S/C29H32N6O6S/c1-32(2)16-17-33(3)26(36)19-34(42(4,40)41)22-12-10-21(11-13-22)30-28(20-8-6-5-7-9-20)27-24-18-23(35(38)39)14-15-25(24)31-29(27)37/h5-15,18,31,37H,16-17,19H2,1-4H3. The Hall–Kier alpha value is -4.75. The number of rotatable bonds is 11. The van der Waals surface area contributed by atoms with Crippen molar-refractivity contribution >= 4 is 49.6 Å². The van der Waals surface area contributed by atoms with E-state index in [1.54, 1.807) is 55.6 Å². The zero-order chi connectivity index (χ0) is 30.6. The summed E-state index contributed by atoms with van der Waals surface area (Å²) in [7, 11) is 1.62. The molecule has 0 bridgehead atoms. The second-order valence-electron chi connectivity index (χ2n) is 10.1. The first-order valence-electron chi connectivity index (χ1n) is 12.9. The number of fused-ring (bicyclic) bond motifs is 1. The molecule has 3 aromatic carbocycles. The van der Waals surface area contributed by atoms with E-state index in [1.807, 2.05) is 25.1 Å². The van der Waals surface area contributed by atoms with Gasteiger partial charge in [-0.2, -0.15) is 0 Å². The number of aromatic amines is 1. The number of benzene rings is 3. The minimum atomic E-state index is -3.79. The van der Waals surface area contributed by atoms with E-state index in [2.05, 4.69) is 4.98 Å². The average molecular weight is 593 g/mol. The van der Waals surface area contributed by atoms with Gasteiger partial charge in [0.2, 0.25) is 15.9 Å². The maximum Gasteiger partial charge on any atom is 0.270 e. The number of aliphatic imine (C=N–C) groups is 1. The predicted octanol–water partition coefficient (Wildman–Crippen LogP) is 3.74. The molecule has 0 aliphatic rings. The first-order valence-corrected chi connectivity index (χ1v) is 14.8. The smallest absolute Gasteiger partial charge is 0.270 e. The molecule has 1 aromatic heterocycles. The molecule has 1 heterocycles. The van der Waals surface area contributed by atoms with Gasteiger partial charge in [0.15, 0.2) is 5.88 Å². The Morgan fingerprint density at radius 3 is 2.26 bits per heavy atom. The number of nitro benzene ring substituents is 1. The molecule has 0 saturated carbocycles. The van der Waals surface area contributed by atoms with Gasteiger partial charge in [-0.15, -0.1) is 0 Å². The molecule has 4 aromatic rings. The molecular weight excluding hydrogens is 560 g/mol. The lowest BCUT2D eigenvalue weighted by Crippen LogP contribution is -2.43. The first kappa shape index (κ1) is 30.2. The summed E-state index contributed by atoms with van der Waals surface area (Å²) in [5.41, 5.74) is 2.36. The van der Waals surface area contributed by atoms with Gasteiger partial charge in [-0.1, -0.05) is 30.3 Å². The van der Waals surface area contributed by atoms with E-state index >= 15 is 0 Å². The molecule has 0 aliphatic heterocycles. The van der Waals surface area contributed by atoms with Crippen LogP contribution in [-0.4, -0.2) is 91.9 Å². The van der Waals surface area contributed by atoms with Crippen molar-refractivity contribution in [2.75, 3.05) is 51.3 Å². The molecule has 12 nitrogen and oxygen atoms in total. The zero-order valence-corrected chi connectivity index (χ0v) is 24.5. The summed E-state index contributed by atoms with van der Waals surface area (Å²) in [6.07, 6.45) is 1.04. The largest absolute Gasteiger partial charge is 0.494 e. The second-order valence-corrected chi connectivity index (χ2v) is 12.0. The number of aromatic nitrogens is 1. The molecule has 0 atom stereocenters. The number of hydrogen-bond donors (Lipinski definition) is 2. The van der Waals surface area contributed by atoms with Crippen LogP contribution in [0.3, 0.4) is 0 Å². The van der Waals surface area contributed by atoms with Gasteiger partial charge < -0.3 is 19.9 Å². The minimum absolute atomic E-state index is 0.137. The molecule has 0 fully saturated rings. The van der Waals surface area contributed by atoms with Crippen LogP contribution in [0.4, 0.5) is 17.1 Å². The number of nitrogens with one attached hydrogen (secondary N) is 1. The van der Waals surface area contributed by atoms with Crippen LogP contribution in [0.5, 0.6) is 5.88 Å². The van der Waals surface area contributed by atoms with Gasteiger partial charge in [0.1, 0.15) is 6.54 Å². The van der Waals surface area contributed by atoms with Crippen molar-refractivity contribution in [3.63, 3.8) is 0 Å². The van der Waals surface area contributed by atoms with Crippen LogP contribution in [0.1, 0.15) is 11.1 Å². The second kappa shape index (κ2) is 12.4. The lowest BCUT2D eigenvalue weighted by atomic mass is 10.0. The fourth-order valence-corrected chi connectivity index (χ4v) is 5.17. The summed E-state index contributed by atoms with van der Waals surface area (Å²) >= 11 is 0. The molecule has 0 spiro atoms. The molecule has 220 valence electrons. The number of H-pyrrole nitrogens is 1. The summed E-state index contributed by atoms with van der Waals surface area (Å²) in [5.74, 6) is -0.551. The van der Waals surface area contributed by atoms with E-state index in [-0.39, 0.29) is 35.3 Å². The maximum atomic E-state index is 12.8. The number of hydrogen-bond acceptors (Lipinski definition) is 8. The molecule has 42 heavy (non-hydrogen) atoms. The Morgan fingerprint density at radius 2 is 1.67 bits per heavy atom. The van der Waals surface area contributed by atoms with Crippen LogP contribution >= 0.6 is 0 Å². The van der Waals surface area contributed by atoms with Crippen LogP contribution in [-0.2, 0) is 14.8 Å². The van der Waals surface area contributed by atoms with Crippen molar-refractivity contribution in [2.24, 2.45) is 4.99 Å².